The number of aromatic nitrogens is 5. The van der Waals surface area contributed by atoms with Crippen LogP contribution in [0.15, 0.2) is 176 Å². The molecule has 0 aliphatic carbocycles. The molecule has 0 unspecified atom stereocenters. The molecule has 0 aliphatic heterocycles. The van der Waals surface area contributed by atoms with Crippen LogP contribution in [-0.4, -0.2) is 24.9 Å². The molecule has 4 aromatic carbocycles. The first kappa shape index (κ1) is 29.3. The number of fused-ring (bicyclic) bond motifs is 3. The van der Waals surface area contributed by atoms with Gasteiger partial charge in [-0.25, -0.2) is 9.97 Å². The molecule has 0 radical (unpaired) electrons. The molecule has 5 heterocycles. The Hall–Kier alpha value is -6.85. The zero-order chi connectivity index (χ0) is 33.3. The van der Waals surface area contributed by atoms with Crippen LogP contribution in [0.2, 0.25) is 0 Å². The van der Waals surface area contributed by atoms with E-state index in [2.05, 4.69) is 124 Å². The van der Waals surface area contributed by atoms with E-state index in [4.69, 9.17) is 9.97 Å². The van der Waals surface area contributed by atoms with Gasteiger partial charge in [-0.3, -0.25) is 15.0 Å². The molecule has 0 amide bonds. The Morgan fingerprint density at radius 2 is 0.980 bits per heavy atom. The zero-order valence-corrected chi connectivity index (χ0v) is 27.0. The van der Waals surface area contributed by atoms with Gasteiger partial charge in [-0.05, 0) is 94.0 Å². The predicted octanol–water partition coefficient (Wildman–Crippen LogP) is 11.0. The van der Waals surface area contributed by atoms with Crippen molar-refractivity contribution in [3.05, 3.63) is 176 Å². The van der Waals surface area contributed by atoms with Crippen molar-refractivity contribution in [1.29, 1.82) is 0 Å². The third kappa shape index (κ3) is 5.47. The first-order chi connectivity index (χ1) is 24.8. The van der Waals surface area contributed by atoms with Gasteiger partial charge in [0.2, 0.25) is 0 Å². The van der Waals surface area contributed by atoms with Crippen molar-refractivity contribution in [2.24, 2.45) is 0 Å². The molecule has 9 aromatic rings. The minimum absolute atomic E-state index is 0.807. The molecule has 0 bridgehead atoms. The Labute approximate surface area is 289 Å². The van der Waals surface area contributed by atoms with Crippen molar-refractivity contribution in [2.75, 3.05) is 0 Å². The second-order valence-corrected chi connectivity index (χ2v) is 12.2. The average molecular weight is 640 g/mol. The zero-order valence-electron chi connectivity index (χ0n) is 27.0. The van der Waals surface area contributed by atoms with Crippen molar-refractivity contribution in [2.45, 2.75) is 0 Å². The van der Waals surface area contributed by atoms with E-state index in [1.54, 1.807) is 12.4 Å². The molecule has 234 valence electrons. The summed E-state index contributed by atoms with van der Waals surface area (Å²) < 4.78 is 0. The van der Waals surface area contributed by atoms with Crippen LogP contribution in [0.1, 0.15) is 0 Å². The van der Waals surface area contributed by atoms with Crippen molar-refractivity contribution >= 4 is 21.7 Å². The second kappa shape index (κ2) is 12.6. The molecular weight excluding hydrogens is 611 g/mol. The number of benzene rings is 4. The largest absolute Gasteiger partial charge is 0.265 e. The van der Waals surface area contributed by atoms with Gasteiger partial charge in [0.05, 0.1) is 34.0 Å². The third-order valence-electron chi connectivity index (χ3n) is 9.09. The van der Waals surface area contributed by atoms with Crippen LogP contribution >= 0.6 is 0 Å². The molecule has 0 atom stereocenters. The van der Waals surface area contributed by atoms with E-state index in [9.17, 15) is 0 Å². The maximum atomic E-state index is 5.23. The molecule has 0 saturated heterocycles. The summed E-state index contributed by atoms with van der Waals surface area (Å²) in [6.07, 6.45) is 7.29. The lowest BCUT2D eigenvalue weighted by Gasteiger charge is -2.15. The fraction of sp³-hybridized carbons (Fsp3) is 0. The highest BCUT2D eigenvalue weighted by Crippen LogP contribution is 2.40. The van der Waals surface area contributed by atoms with Crippen molar-refractivity contribution in [1.82, 2.24) is 24.9 Å². The normalized spacial score (nSPS) is 11.2. The van der Waals surface area contributed by atoms with Crippen LogP contribution < -0.4 is 0 Å². The SMILES string of the molecule is c1ccc(-c2nc3ccc(-c4ccc(-c5cc(-c6ccccn6)nc(-c6ccccn6)c5)cc4)cc3c3c(-c4ccncc4)cccc23)cc1. The summed E-state index contributed by atoms with van der Waals surface area (Å²) in [6, 6.07) is 52.4. The van der Waals surface area contributed by atoms with Gasteiger partial charge < -0.3 is 0 Å². The fourth-order valence-corrected chi connectivity index (χ4v) is 6.67. The van der Waals surface area contributed by atoms with Crippen LogP contribution in [0, 0.1) is 0 Å². The van der Waals surface area contributed by atoms with Crippen LogP contribution in [0.4, 0.5) is 0 Å². The minimum atomic E-state index is 0.807. The van der Waals surface area contributed by atoms with E-state index in [0.717, 1.165) is 83.7 Å². The van der Waals surface area contributed by atoms with E-state index in [1.807, 2.05) is 54.9 Å². The van der Waals surface area contributed by atoms with Crippen molar-refractivity contribution in [3.63, 3.8) is 0 Å². The highest BCUT2D eigenvalue weighted by atomic mass is 14.8. The molecule has 5 nitrogen and oxygen atoms in total. The molecule has 0 saturated carbocycles. The van der Waals surface area contributed by atoms with Crippen LogP contribution in [-0.2, 0) is 0 Å². The molecule has 0 spiro atoms. The summed E-state index contributed by atoms with van der Waals surface area (Å²) >= 11 is 0. The van der Waals surface area contributed by atoms with Gasteiger partial charge in [0.1, 0.15) is 0 Å². The lowest BCUT2D eigenvalue weighted by molar-refractivity contribution is 1.22. The quantitative estimate of drug-likeness (QED) is 0.169. The van der Waals surface area contributed by atoms with Gasteiger partial charge in [-0.2, -0.15) is 0 Å². The van der Waals surface area contributed by atoms with Crippen LogP contribution in [0.5, 0.6) is 0 Å². The Morgan fingerprint density at radius 3 is 1.64 bits per heavy atom. The summed E-state index contributed by atoms with van der Waals surface area (Å²) in [5.74, 6) is 0. The van der Waals surface area contributed by atoms with Gasteiger partial charge in [-0.1, -0.05) is 91.0 Å². The van der Waals surface area contributed by atoms with Gasteiger partial charge in [0.25, 0.3) is 0 Å². The number of pyridine rings is 5. The van der Waals surface area contributed by atoms with E-state index in [0.29, 0.717) is 0 Å². The standard InChI is InChI=1S/C45H29N5/c1-2-9-33(10-3-1)45-37-12-8-11-36(32-21-25-46-26-22-32)44(37)38-27-34(19-20-39(38)50-45)30-15-17-31(18-16-30)35-28-42(40-13-4-6-23-47-40)49-43(29-35)41-14-5-7-24-48-41/h1-29H. The van der Waals surface area contributed by atoms with Crippen molar-refractivity contribution in [3.8, 4) is 67.4 Å². The molecule has 0 N–H and O–H groups in total. The Morgan fingerprint density at radius 1 is 0.340 bits per heavy atom. The van der Waals surface area contributed by atoms with E-state index >= 15 is 0 Å². The monoisotopic (exact) mass is 639 g/mol. The van der Waals surface area contributed by atoms with Crippen molar-refractivity contribution < 1.29 is 0 Å². The minimum Gasteiger partial charge on any atom is -0.265 e. The molecule has 5 heteroatoms. The van der Waals surface area contributed by atoms with Crippen LogP contribution in [0.25, 0.3) is 89.1 Å². The summed E-state index contributed by atoms with van der Waals surface area (Å²) in [5.41, 5.74) is 13.0. The molecule has 9 rings (SSSR count). The second-order valence-electron chi connectivity index (χ2n) is 12.2. The number of rotatable bonds is 6. The van der Waals surface area contributed by atoms with Gasteiger partial charge >= 0.3 is 0 Å². The van der Waals surface area contributed by atoms with Gasteiger partial charge in [0.15, 0.2) is 0 Å². The molecule has 50 heavy (non-hydrogen) atoms. The number of nitrogens with zero attached hydrogens (tertiary/aromatic N) is 5. The summed E-state index contributed by atoms with van der Waals surface area (Å²) in [6.45, 7) is 0. The summed E-state index contributed by atoms with van der Waals surface area (Å²) in [7, 11) is 0. The lowest BCUT2D eigenvalue weighted by Crippen LogP contribution is -1.94. The third-order valence-corrected chi connectivity index (χ3v) is 9.09. The average Bonchev–Trinajstić information content (AvgIpc) is 3.21. The fourth-order valence-electron chi connectivity index (χ4n) is 6.67. The first-order valence-corrected chi connectivity index (χ1v) is 16.6. The van der Waals surface area contributed by atoms with Gasteiger partial charge in [-0.15, -0.1) is 0 Å². The van der Waals surface area contributed by atoms with Gasteiger partial charge in [0, 0.05) is 46.5 Å². The number of hydrogen-bond acceptors (Lipinski definition) is 5. The molecule has 5 aromatic heterocycles. The summed E-state index contributed by atoms with van der Waals surface area (Å²) in [4.78, 5) is 23.6. The topological polar surface area (TPSA) is 64.5 Å². The first-order valence-electron chi connectivity index (χ1n) is 16.6. The Bertz CT molecular complexity index is 2550. The molecule has 0 aliphatic rings. The predicted molar refractivity (Wildman–Crippen MR) is 203 cm³/mol. The van der Waals surface area contributed by atoms with E-state index in [1.165, 1.54) is 5.39 Å². The smallest absolute Gasteiger partial charge is 0.0900 e. The molecule has 0 fully saturated rings. The maximum Gasteiger partial charge on any atom is 0.0900 e. The van der Waals surface area contributed by atoms with E-state index < -0.39 is 0 Å². The number of hydrogen-bond donors (Lipinski definition) is 0. The van der Waals surface area contributed by atoms with Crippen LogP contribution in [0.3, 0.4) is 0 Å². The highest BCUT2D eigenvalue weighted by Gasteiger charge is 2.16. The maximum absolute atomic E-state index is 5.23. The lowest BCUT2D eigenvalue weighted by atomic mass is 9.91. The summed E-state index contributed by atoms with van der Waals surface area (Å²) in [5, 5.41) is 3.42. The Kier molecular flexibility index (Phi) is 7.41. The van der Waals surface area contributed by atoms with E-state index in [-0.39, 0.29) is 0 Å². The highest BCUT2D eigenvalue weighted by molar-refractivity contribution is 6.17. The Balaban J connectivity index is 1.17. The molecular formula is C45H29N5.